The third kappa shape index (κ3) is 4.83. The molecule has 0 bridgehead atoms. The van der Waals surface area contributed by atoms with Gasteiger partial charge in [0.1, 0.15) is 5.82 Å². The highest BCUT2D eigenvalue weighted by atomic mass is 32.1. The van der Waals surface area contributed by atoms with Gasteiger partial charge in [0.2, 0.25) is 0 Å². The molecule has 160 valence electrons. The third-order valence-electron chi connectivity index (χ3n) is 6.40. The molecule has 0 unspecified atom stereocenters. The zero-order valence-corrected chi connectivity index (χ0v) is 19.3. The normalized spacial score (nSPS) is 19.7. The van der Waals surface area contributed by atoms with Crippen LogP contribution in [0.2, 0.25) is 0 Å². The van der Waals surface area contributed by atoms with Crippen LogP contribution in [0.5, 0.6) is 0 Å². The first-order valence-electron chi connectivity index (χ1n) is 11.3. The van der Waals surface area contributed by atoms with Gasteiger partial charge >= 0.3 is 0 Å². The lowest BCUT2D eigenvalue weighted by molar-refractivity contribution is 0.209. The molecule has 2 heterocycles. The fourth-order valence-corrected chi connectivity index (χ4v) is 5.65. The van der Waals surface area contributed by atoms with E-state index < -0.39 is 0 Å². The van der Waals surface area contributed by atoms with E-state index in [0.29, 0.717) is 6.04 Å². The standard InChI is InChI=1S/C22H30FN3S.C2H6/c1-17(2)25-12-14-26(15-13-25)21-24-20(16-27-21)22(10-4-3-5-11-22)18-6-8-19(23)9-7-18;1-2/h6-9,16-17H,3-5,10-15H2,1-2H3;1-2H3. The molecule has 2 fully saturated rings. The van der Waals surface area contributed by atoms with Crippen LogP contribution >= 0.6 is 11.3 Å². The van der Waals surface area contributed by atoms with Gasteiger partial charge in [-0.25, -0.2) is 9.37 Å². The third-order valence-corrected chi connectivity index (χ3v) is 7.30. The molecule has 0 spiro atoms. The second-order valence-electron chi connectivity index (χ2n) is 8.28. The highest BCUT2D eigenvalue weighted by Crippen LogP contribution is 2.45. The van der Waals surface area contributed by atoms with Crippen LogP contribution in [0.25, 0.3) is 0 Å². The Morgan fingerprint density at radius 1 is 0.966 bits per heavy atom. The molecule has 0 amide bonds. The molecule has 0 radical (unpaired) electrons. The molecule has 2 aromatic rings. The highest BCUT2D eigenvalue weighted by molar-refractivity contribution is 7.13. The molecule has 2 aliphatic rings. The van der Waals surface area contributed by atoms with Crippen LogP contribution in [-0.4, -0.2) is 42.1 Å². The van der Waals surface area contributed by atoms with Crippen LogP contribution in [0.15, 0.2) is 29.6 Å². The van der Waals surface area contributed by atoms with Crippen LogP contribution < -0.4 is 4.90 Å². The summed E-state index contributed by atoms with van der Waals surface area (Å²) in [6.45, 7) is 12.9. The molecule has 1 aliphatic heterocycles. The van der Waals surface area contributed by atoms with Gasteiger partial charge in [-0.2, -0.15) is 0 Å². The Kier molecular flexibility index (Phi) is 7.69. The Morgan fingerprint density at radius 3 is 2.17 bits per heavy atom. The first-order chi connectivity index (χ1) is 14.1. The van der Waals surface area contributed by atoms with Gasteiger partial charge in [0, 0.05) is 43.0 Å². The van der Waals surface area contributed by atoms with Crippen molar-refractivity contribution in [1.82, 2.24) is 9.88 Å². The molecule has 29 heavy (non-hydrogen) atoms. The first kappa shape index (κ1) is 22.2. The molecule has 0 atom stereocenters. The van der Waals surface area contributed by atoms with Gasteiger partial charge in [-0.05, 0) is 44.4 Å². The van der Waals surface area contributed by atoms with Crippen molar-refractivity contribution in [2.24, 2.45) is 0 Å². The molecular formula is C24H36FN3S. The lowest BCUT2D eigenvalue weighted by Crippen LogP contribution is -2.48. The molecule has 1 aromatic heterocycles. The molecule has 3 nitrogen and oxygen atoms in total. The fraction of sp³-hybridized carbons (Fsp3) is 0.625. The Labute approximate surface area is 180 Å². The lowest BCUT2D eigenvalue weighted by Gasteiger charge is -2.38. The summed E-state index contributed by atoms with van der Waals surface area (Å²) in [6.07, 6.45) is 5.96. The van der Waals surface area contributed by atoms with Crippen LogP contribution in [0, 0.1) is 5.82 Å². The van der Waals surface area contributed by atoms with Crippen LogP contribution in [0.3, 0.4) is 0 Å². The van der Waals surface area contributed by atoms with Crippen molar-refractivity contribution in [3.05, 3.63) is 46.7 Å². The minimum atomic E-state index is -0.160. The fourth-order valence-electron chi connectivity index (χ4n) is 4.68. The van der Waals surface area contributed by atoms with E-state index in [-0.39, 0.29) is 11.2 Å². The zero-order valence-electron chi connectivity index (χ0n) is 18.5. The topological polar surface area (TPSA) is 19.4 Å². The van der Waals surface area contributed by atoms with E-state index >= 15 is 0 Å². The van der Waals surface area contributed by atoms with Crippen LogP contribution in [0.1, 0.15) is 71.1 Å². The van der Waals surface area contributed by atoms with E-state index in [4.69, 9.17) is 4.98 Å². The summed E-state index contributed by atoms with van der Waals surface area (Å²) < 4.78 is 13.5. The average molecular weight is 418 g/mol. The number of hydrogen-bond donors (Lipinski definition) is 0. The van der Waals surface area contributed by atoms with E-state index in [2.05, 4.69) is 29.0 Å². The Morgan fingerprint density at radius 2 is 1.59 bits per heavy atom. The van der Waals surface area contributed by atoms with Crippen molar-refractivity contribution >= 4 is 16.5 Å². The largest absolute Gasteiger partial charge is 0.346 e. The van der Waals surface area contributed by atoms with E-state index in [1.807, 2.05) is 26.0 Å². The number of thiazole rings is 1. The number of nitrogens with zero attached hydrogens (tertiary/aromatic N) is 3. The van der Waals surface area contributed by atoms with Gasteiger partial charge in [0.25, 0.3) is 0 Å². The Hall–Kier alpha value is -1.46. The van der Waals surface area contributed by atoms with Gasteiger partial charge in [-0.1, -0.05) is 45.2 Å². The zero-order chi connectivity index (χ0) is 20.9. The molecular weight excluding hydrogens is 381 g/mol. The molecule has 1 aromatic carbocycles. The number of benzene rings is 1. The van der Waals surface area contributed by atoms with E-state index in [0.717, 1.165) is 44.2 Å². The number of rotatable bonds is 4. The number of hydrogen-bond acceptors (Lipinski definition) is 4. The quantitative estimate of drug-likeness (QED) is 0.600. The second kappa shape index (κ2) is 10.0. The van der Waals surface area contributed by atoms with E-state index in [1.165, 1.54) is 30.5 Å². The van der Waals surface area contributed by atoms with Crippen molar-refractivity contribution in [1.29, 1.82) is 0 Å². The van der Waals surface area contributed by atoms with Gasteiger partial charge in [0.05, 0.1) is 5.69 Å². The number of halogens is 1. The predicted molar refractivity (Wildman–Crippen MR) is 123 cm³/mol. The maximum Gasteiger partial charge on any atom is 0.185 e. The summed E-state index contributed by atoms with van der Waals surface area (Å²) in [4.78, 5) is 10.1. The Bertz CT molecular complexity index is 742. The minimum absolute atomic E-state index is 0.0412. The lowest BCUT2D eigenvalue weighted by atomic mass is 9.67. The first-order valence-corrected chi connectivity index (χ1v) is 12.2. The van der Waals surface area contributed by atoms with Gasteiger partial charge in [0.15, 0.2) is 5.13 Å². The molecule has 5 heteroatoms. The SMILES string of the molecule is CC.CC(C)N1CCN(c2nc(C3(c4ccc(F)cc4)CCCCC3)cs2)CC1. The van der Waals surface area contributed by atoms with Crippen LogP contribution in [-0.2, 0) is 5.41 Å². The van der Waals surface area contributed by atoms with Crippen molar-refractivity contribution in [2.75, 3.05) is 31.1 Å². The maximum atomic E-state index is 13.5. The predicted octanol–water partition coefficient (Wildman–Crippen LogP) is 6.09. The monoisotopic (exact) mass is 417 g/mol. The second-order valence-corrected chi connectivity index (χ2v) is 9.12. The molecule has 1 aliphatic carbocycles. The van der Waals surface area contributed by atoms with Gasteiger partial charge in [-0.3, -0.25) is 4.90 Å². The molecule has 1 saturated heterocycles. The van der Waals surface area contributed by atoms with Crippen LogP contribution in [0.4, 0.5) is 9.52 Å². The minimum Gasteiger partial charge on any atom is -0.346 e. The smallest absolute Gasteiger partial charge is 0.185 e. The summed E-state index contributed by atoms with van der Waals surface area (Å²) in [6, 6.07) is 7.76. The number of anilines is 1. The summed E-state index contributed by atoms with van der Waals surface area (Å²) in [5.74, 6) is -0.160. The average Bonchev–Trinajstić information content (AvgIpc) is 3.27. The summed E-state index contributed by atoms with van der Waals surface area (Å²) >= 11 is 1.78. The maximum absolute atomic E-state index is 13.5. The summed E-state index contributed by atoms with van der Waals surface area (Å²) in [7, 11) is 0. The van der Waals surface area contributed by atoms with Crippen molar-refractivity contribution in [3.63, 3.8) is 0 Å². The molecule has 4 rings (SSSR count). The van der Waals surface area contributed by atoms with E-state index in [1.54, 1.807) is 23.5 Å². The van der Waals surface area contributed by atoms with Crippen molar-refractivity contribution < 1.29 is 4.39 Å². The van der Waals surface area contributed by atoms with E-state index in [9.17, 15) is 4.39 Å². The summed E-state index contributed by atoms with van der Waals surface area (Å²) in [5.41, 5.74) is 2.38. The Balaban J connectivity index is 0.00000117. The number of piperazine rings is 1. The highest BCUT2D eigenvalue weighted by Gasteiger charge is 2.38. The number of aromatic nitrogens is 1. The summed E-state index contributed by atoms with van der Waals surface area (Å²) in [5, 5.41) is 3.42. The molecule has 1 saturated carbocycles. The van der Waals surface area contributed by atoms with Crippen molar-refractivity contribution in [3.8, 4) is 0 Å². The van der Waals surface area contributed by atoms with Gasteiger partial charge < -0.3 is 4.90 Å². The van der Waals surface area contributed by atoms with Crippen molar-refractivity contribution in [2.45, 2.75) is 71.3 Å². The van der Waals surface area contributed by atoms with Gasteiger partial charge in [-0.15, -0.1) is 11.3 Å². The molecule has 0 N–H and O–H groups in total.